The van der Waals surface area contributed by atoms with E-state index in [1.54, 1.807) is 6.20 Å². The Balaban J connectivity index is 2.21. The Morgan fingerprint density at radius 3 is 2.89 bits per heavy atom. The van der Waals surface area contributed by atoms with E-state index >= 15 is 0 Å². The molecule has 0 saturated carbocycles. The van der Waals surface area contributed by atoms with Gasteiger partial charge in [-0.25, -0.2) is 4.98 Å². The quantitative estimate of drug-likeness (QED) is 0.795. The number of nitrogens with one attached hydrogen (secondary N) is 1. The standard InChI is InChI=1S/C13H15ClIN3/c1-9(2)8-18-6-5-16-13(18)17-12-4-3-10(15)7-11(12)14/h3-7,9H,8H2,1-2H3,(H,16,17). The third-order valence-corrected chi connectivity index (χ3v) is 3.44. The maximum Gasteiger partial charge on any atom is 0.207 e. The third kappa shape index (κ3) is 3.38. The van der Waals surface area contributed by atoms with Gasteiger partial charge < -0.3 is 9.88 Å². The van der Waals surface area contributed by atoms with E-state index in [4.69, 9.17) is 11.6 Å². The molecule has 0 unspecified atom stereocenters. The average Bonchev–Trinajstić information content (AvgIpc) is 2.69. The van der Waals surface area contributed by atoms with Gasteiger partial charge in [0.05, 0.1) is 10.7 Å². The topological polar surface area (TPSA) is 29.9 Å². The van der Waals surface area contributed by atoms with Crippen molar-refractivity contribution >= 4 is 45.8 Å². The summed E-state index contributed by atoms with van der Waals surface area (Å²) in [5.41, 5.74) is 0.883. The molecule has 18 heavy (non-hydrogen) atoms. The van der Waals surface area contributed by atoms with E-state index in [-0.39, 0.29) is 0 Å². The predicted octanol–water partition coefficient (Wildman–Crippen LogP) is 4.54. The molecule has 2 aromatic rings. The van der Waals surface area contributed by atoms with Gasteiger partial charge in [-0.1, -0.05) is 25.4 Å². The molecule has 0 spiro atoms. The van der Waals surface area contributed by atoms with Crippen molar-refractivity contribution < 1.29 is 0 Å². The van der Waals surface area contributed by atoms with Crippen molar-refractivity contribution in [1.29, 1.82) is 0 Å². The van der Waals surface area contributed by atoms with Crippen LogP contribution in [0.15, 0.2) is 30.6 Å². The van der Waals surface area contributed by atoms with Crippen LogP contribution in [0, 0.1) is 9.49 Å². The maximum atomic E-state index is 6.20. The Kier molecular flexibility index (Phi) is 4.50. The number of imidazole rings is 1. The smallest absolute Gasteiger partial charge is 0.207 e. The lowest BCUT2D eigenvalue weighted by molar-refractivity contribution is 0.527. The molecule has 1 aromatic carbocycles. The van der Waals surface area contributed by atoms with Crippen LogP contribution < -0.4 is 5.32 Å². The molecule has 0 atom stereocenters. The molecule has 1 heterocycles. The van der Waals surface area contributed by atoms with Gasteiger partial charge in [-0.3, -0.25) is 0 Å². The Morgan fingerprint density at radius 1 is 1.44 bits per heavy atom. The molecular formula is C13H15ClIN3. The number of rotatable bonds is 4. The number of anilines is 2. The summed E-state index contributed by atoms with van der Waals surface area (Å²) in [4.78, 5) is 4.32. The number of hydrogen-bond acceptors (Lipinski definition) is 2. The molecule has 0 aliphatic carbocycles. The molecule has 2 rings (SSSR count). The number of aromatic nitrogens is 2. The second kappa shape index (κ2) is 5.93. The van der Waals surface area contributed by atoms with Crippen molar-refractivity contribution in [3.63, 3.8) is 0 Å². The van der Waals surface area contributed by atoms with Gasteiger partial charge in [-0.05, 0) is 46.7 Å². The molecule has 3 nitrogen and oxygen atoms in total. The first-order valence-corrected chi connectivity index (χ1v) is 7.25. The van der Waals surface area contributed by atoms with Crippen LogP contribution in [-0.2, 0) is 6.54 Å². The molecule has 0 fully saturated rings. The van der Waals surface area contributed by atoms with Crippen molar-refractivity contribution in [1.82, 2.24) is 9.55 Å². The van der Waals surface area contributed by atoms with Crippen molar-refractivity contribution in [2.24, 2.45) is 5.92 Å². The highest BCUT2D eigenvalue weighted by molar-refractivity contribution is 14.1. The Hall–Kier alpha value is -0.750. The SMILES string of the molecule is CC(C)Cn1ccnc1Nc1ccc(I)cc1Cl. The van der Waals surface area contributed by atoms with Gasteiger partial charge in [0.15, 0.2) is 0 Å². The van der Waals surface area contributed by atoms with Crippen LogP contribution in [-0.4, -0.2) is 9.55 Å². The van der Waals surface area contributed by atoms with E-state index in [1.165, 1.54) is 0 Å². The highest BCUT2D eigenvalue weighted by Gasteiger charge is 2.07. The summed E-state index contributed by atoms with van der Waals surface area (Å²) >= 11 is 8.44. The number of hydrogen-bond donors (Lipinski definition) is 1. The minimum absolute atomic E-state index is 0.576. The number of benzene rings is 1. The third-order valence-electron chi connectivity index (χ3n) is 2.45. The van der Waals surface area contributed by atoms with Crippen LogP contribution in [0.2, 0.25) is 5.02 Å². The lowest BCUT2D eigenvalue weighted by Crippen LogP contribution is -2.07. The minimum Gasteiger partial charge on any atom is -0.324 e. The summed E-state index contributed by atoms with van der Waals surface area (Å²) in [6.45, 7) is 5.30. The summed E-state index contributed by atoms with van der Waals surface area (Å²) in [5, 5.41) is 3.98. The Morgan fingerprint density at radius 2 is 2.22 bits per heavy atom. The molecule has 0 saturated heterocycles. The largest absolute Gasteiger partial charge is 0.324 e. The zero-order chi connectivity index (χ0) is 13.1. The van der Waals surface area contributed by atoms with Gasteiger partial charge in [0.2, 0.25) is 5.95 Å². The van der Waals surface area contributed by atoms with Crippen molar-refractivity contribution in [2.45, 2.75) is 20.4 Å². The summed E-state index contributed by atoms with van der Waals surface area (Å²) in [6.07, 6.45) is 3.77. The zero-order valence-corrected chi connectivity index (χ0v) is 13.2. The maximum absolute atomic E-state index is 6.20. The first-order chi connectivity index (χ1) is 8.56. The van der Waals surface area contributed by atoms with Gasteiger partial charge in [-0.15, -0.1) is 0 Å². The second-order valence-corrected chi connectivity index (χ2v) is 6.20. The van der Waals surface area contributed by atoms with Crippen molar-refractivity contribution in [3.05, 3.63) is 39.2 Å². The highest BCUT2D eigenvalue weighted by atomic mass is 127. The van der Waals surface area contributed by atoms with Gasteiger partial charge in [0.25, 0.3) is 0 Å². The average molecular weight is 376 g/mol. The first-order valence-electron chi connectivity index (χ1n) is 5.79. The molecule has 0 radical (unpaired) electrons. The predicted molar refractivity (Wildman–Crippen MR) is 84.5 cm³/mol. The summed E-state index contributed by atoms with van der Waals surface area (Å²) in [6, 6.07) is 5.92. The molecular weight excluding hydrogens is 361 g/mol. The molecule has 1 aromatic heterocycles. The highest BCUT2D eigenvalue weighted by Crippen LogP contribution is 2.26. The van der Waals surface area contributed by atoms with Crippen LogP contribution >= 0.6 is 34.2 Å². The van der Waals surface area contributed by atoms with Crippen LogP contribution in [0.5, 0.6) is 0 Å². The van der Waals surface area contributed by atoms with Gasteiger partial charge >= 0.3 is 0 Å². The number of nitrogens with zero attached hydrogens (tertiary/aromatic N) is 2. The van der Waals surface area contributed by atoms with E-state index in [2.05, 4.69) is 51.3 Å². The fourth-order valence-corrected chi connectivity index (χ4v) is 2.59. The van der Waals surface area contributed by atoms with Crippen molar-refractivity contribution in [3.8, 4) is 0 Å². The second-order valence-electron chi connectivity index (χ2n) is 4.55. The van der Waals surface area contributed by atoms with Gasteiger partial charge in [0, 0.05) is 22.5 Å². The van der Waals surface area contributed by atoms with E-state index in [9.17, 15) is 0 Å². The summed E-state index contributed by atoms with van der Waals surface area (Å²) in [5.74, 6) is 1.40. The van der Waals surface area contributed by atoms with Crippen molar-refractivity contribution in [2.75, 3.05) is 5.32 Å². The molecule has 0 amide bonds. The molecule has 1 N–H and O–H groups in total. The van der Waals surface area contributed by atoms with Crippen LogP contribution in [0.4, 0.5) is 11.6 Å². The van der Waals surface area contributed by atoms with Gasteiger partial charge in [0.1, 0.15) is 0 Å². The monoisotopic (exact) mass is 375 g/mol. The van der Waals surface area contributed by atoms with Gasteiger partial charge in [-0.2, -0.15) is 0 Å². The summed E-state index contributed by atoms with van der Waals surface area (Å²) < 4.78 is 3.22. The first kappa shape index (κ1) is 13.7. The van der Waals surface area contributed by atoms with E-state index in [0.29, 0.717) is 10.9 Å². The fourth-order valence-electron chi connectivity index (χ4n) is 1.69. The summed E-state index contributed by atoms with van der Waals surface area (Å²) in [7, 11) is 0. The molecule has 0 bridgehead atoms. The lowest BCUT2D eigenvalue weighted by Gasteiger charge is -2.12. The van der Waals surface area contributed by atoms with E-state index in [1.807, 2.05) is 24.4 Å². The molecule has 5 heteroatoms. The van der Waals surface area contributed by atoms with E-state index in [0.717, 1.165) is 21.8 Å². The molecule has 0 aliphatic heterocycles. The Bertz CT molecular complexity index is 537. The fraction of sp³-hybridized carbons (Fsp3) is 0.308. The molecule has 96 valence electrons. The van der Waals surface area contributed by atoms with E-state index < -0.39 is 0 Å². The minimum atomic E-state index is 0.576. The van der Waals surface area contributed by atoms with Crippen LogP contribution in [0.25, 0.3) is 0 Å². The lowest BCUT2D eigenvalue weighted by atomic mass is 10.2. The van der Waals surface area contributed by atoms with Crippen LogP contribution in [0.3, 0.4) is 0 Å². The Labute approximate surface area is 126 Å². The number of halogens is 2. The normalized spacial score (nSPS) is 10.9. The zero-order valence-electron chi connectivity index (χ0n) is 10.3. The van der Waals surface area contributed by atoms with Crippen LogP contribution in [0.1, 0.15) is 13.8 Å². The molecule has 0 aliphatic rings.